The van der Waals surface area contributed by atoms with Crippen LogP contribution in [0, 0.1) is 6.92 Å². The number of carbonyl (C=O) groups excluding carboxylic acids is 2. The third kappa shape index (κ3) is 3.79. The highest BCUT2D eigenvalue weighted by Gasteiger charge is 2.40. The normalized spacial score (nSPS) is 17.8. The predicted molar refractivity (Wildman–Crippen MR) is 126 cm³/mol. The maximum absolute atomic E-state index is 13.4. The fraction of sp³-hybridized carbons (Fsp3) is 0.375. The first-order chi connectivity index (χ1) is 14.2. The Morgan fingerprint density at radius 2 is 2.00 bits per heavy atom. The highest BCUT2D eigenvalue weighted by molar-refractivity contribution is 8.01. The number of Topliss-reactive ketones (excluding diaryl/α,β-unsaturated/α-hetero) is 1. The van der Waals surface area contributed by atoms with Crippen molar-refractivity contribution in [2.45, 2.75) is 56.8 Å². The number of amides is 1. The number of ketones is 1. The minimum absolute atomic E-state index is 0.0302. The van der Waals surface area contributed by atoms with Crippen molar-refractivity contribution in [1.29, 1.82) is 0 Å². The second-order valence-electron chi connectivity index (χ2n) is 8.67. The molecule has 1 amide bonds. The Balaban J connectivity index is 1.66. The van der Waals surface area contributed by atoms with Crippen LogP contribution >= 0.6 is 23.1 Å². The van der Waals surface area contributed by atoms with E-state index in [1.54, 1.807) is 18.3 Å². The SMILES string of the molecule is CC(=O)c1cc2c(cc1C)C(C)CC(C)(C)N2C(=O)CSc1nc2ccccc2s1. The molecule has 1 aliphatic rings. The second kappa shape index (κ2) is 7.82. The van der Waals surface area contributed by atoms with Gasteiger partial charge in [-0.05, 0) is 69.4 Å². The highest BCUT2D eigenvalue weighted by atomic mass is 32.2. The average Bonchev–Trinajstić information content (AvgIpc) is 3.08. The van der Waals surface area contributed by atoms with Crippen molar-refractivity contribution in [2.75, 3.05) is 10.7 Å². The van der Waals surface area contributed by atoms with Crippen LogP contribution < -0.4 is 4.90 Å². The van der Waals surface area contributed by atoms with Crippen molar-refractivity contribution in [1.82, 2.24) is 4.98 Å². The van der Waals surface area contributed by atoms with Gasteiger partial charge in [-0.25, -0.2) is 4.98 Å². The first-order valence-electron chi connectivity index (χ1n) is 10.1. The number of hydrogen-bond donors (Lipinski definition) is 0. The number of nitrogens with zero attached hydrogens (tertiary/aromatic N) is 2. The van der Waals surface area contributed by atoms with Crippen molar-refractivity contribution >= 4 is 50.7 Å². The van der Waals surface area contributed by atoms with E-state index < -0.39 is 0 Å². The first-order valence-corrected chi connectivity index (χ1v) is 11.9. The van der Waals surface area contributed by atoms with E-state index in [1.807, 2.05) is 36.1 Å². The minimum Gasteiger partial charge on any atom is -0.306 e. The zero-order valence-corrected chi connectivity index (χ0v) is 19.6. The van der Waals surface area contributed by atoms with E-state index >= 15 is 0 Å². The van der Waals surface area contributed by atoms with Crippen molar-refractivity contribution in [2.24, 2.45) is 0 Å². The molecule has 6 heteroatoms. The molecule has 2 aromatic carbocycles. The molecule has 0 fully saturated rings. The minimum atomic E-state index is -0.318. The van der Waals surface area contributed by atoms with Gasteiger partial charge < -0.3 is 4.90 Å². The lowest BCUT2D eigenvalue weighted by molar-refractivity contribution is -0.117. The van der Waals surface area contributed by atoms with Crippen LogP contribution in [0.15, 0.2) is 40.7 Å². The molecule has 4 nitrogen and oxygen atoms in total. The van der Waals surface area contributed by atoms with E-state index in [2.05, 4.69) is 37.9 Å². The number of aromatic nitrogens is 1. The topological polar surface area (TPSA) is 50.3 Å². The molecule has 1 aliphatic heterocycles. The maximum Gasteiger partial charge on any atom is 0.237 e. The Labute approximate surface area is 185 Å². The van der Waals surface area contributed by atoms with Gasteiger partial charge in [0.25, 0.3) is 0 Å². The third-order valence-electron chi connectivity index (χ3n) is 5.78. The van der Waals surface area contributed by atoms with E-state index in [0.29, 0.717) is 17.2 Å². The van der Waals surface area contributed by atoms with Crippen LogP contribution in [0.3, 0.4) is 0 Å². The molecule has 0 radical (unpaired) electrons. The van der Waals surface area contributed by atoms with Crippen LogP contribution in [0.5, 0.6) is 0 Å². The Bertz CT molecular complexity index is 1120. The number of thioether (sulfide) groups is 1. The molecule has 30 heavy (non-hydrogen) atoms. The van der Waals surface area contributed by atoms with Gasteiger partial charge in [-0.3, -0.25) is 9.59 Å². The van der Waals surface area contributed by atoms with Crippen LogP contribution in [-0.2, 0) is 4.79 Å². The molecule has 1 unspecified atom stereocenters. The van der Waals surface area contributed by atoms with Crippen LogP contribution in [0.1, 0.15) is 61.5 Å². The standard InChI is InChI=1S/C24H26N2O2S2/c1-14-10-18-15(2)12-24(4,5)26(20(18)11-17(14)16(3)27)22(28)13-29-23-25-19-8-6-7-9-21(19)30-23/h6-11,15H,12-13H2,1-5H3. The molecule has 0 bridgehead atoms. The van der Waals surface area contributed by atoms with Crippen molar-refractivity contribution < 1.29 is 9.59 Å². The summed E-state index contributed by atoms with van der Waals surface area (Å²) in [6.45, 7) is 9.98. The summed E-state index contributed by atoms with van der Waals surface area (Å²) in [5.41, 5.74) is 4.34. The van der Waals surface area contributed by atoms with Gasteiger partial charge in [0.2, 0.25) is 5.91 Å². The van der Waals surface area contributed by atoms with Crippen molar-refractivity contribution in [3.63, 3.8) is 0 Å². The summed E-state index contributed by atoms with van der Waals surface area (Å²) in [6.07, 6.45) is 0.885. The lowest BCUT2D eigenvalue weighted by Gasteiger charge is -2.46. The van der Waals surface area contributed by atoms with Crippen molar-refractivity contribution in [3.05, 3.63) is 53.1 Å². The summed E-state index contributed by atoms with van der Waals surface area (Å²) < 4.78 is 2.03. The summed E-state index contributed by atoms with van der Waals surface area (Å²) in [5, 5.41) is 0. The van der Waals surface area contributed by atoms with Gasteiger partial charge in [0.15, 0.2) is 10.1 Å². The molecule has 0 N–H and O–H groups in total. The smallest absolute Gasteiger partial charge is 0.237 e. The maximum atomic E-state index is 13.4. The Morgan fingerprint density at radius 3 is 2.70 bits per heavy atom. The average molecular weight is 439 g/mol. The number of carbonyl (C=O) groups is 2. The van der Waals surface area contributed by atoms with Gasteiger partial charge in [0, 0.05) is 16.8 Å². The summed E-state index contributed by atoms with van der Waals surface area (Å²) in [5.74, 6) is 0.731. The number of benzene rings is 2. The lowest BCUT2D eigenvalue weighted by Crippen LogP contribution is -2.52. The number of aryl methyl sites for hydroxylation is 1. The first kappa shape index (κ1) is 21.1. The molecular weight excluding hydrogens is 412 g/mol. The Kier molecular flexibility index (Phi) is 5.49. The summed E-state index contributed by atoms with van der Waals surface area (Å²) in [7, 11) is 0. The second-order valence-corrected chi connectivity index (χ2v) is 10.9. The molecular formula is C24H26N2O2S2. The number of fused-ring (bicyclic) bond motifs is 2. The van der Waals surface area contributed by atoms with Gasteiger partial charge in [0.1, 0.15) is 0 Å². The highest BCUT2D eigenvalue weighted by Crippen LogP contribution is 2.45. The molecule has 0 saturated carbocycles. The number of anilines is 1. The zero-order chi connectivity index (χ0) is 21.6. The van der Waals surface area contributed by atoms with Crippen LogP contribution in [-0.4, -0.2) is 28.0 Å². The fourth-order valence-electron chi connectivity index (χ4n) is 4.54. The Hall–Kier alpha value is -2.18. The fourth-order valence-corrected chi connectivity index (χ4v) is 6.45. The van der Waals surface area contributed by atoms with Crippen molar-refractivity contribution in [3.8, 4) is 0 Å². The molecule has 3 aromatic rings. The molecule has 1 aromatic heterocycles. The summed E-state index contributed by atoms with van der Waals surface area (Å²) in [6, 6.07) is 12.0. The van der Waals surface area contributed by atoms with Gasteiger partial charge in [0.05, 0.1) is 16.0 Å². The molecule has 156 valence electrons. The lowest BCUT2D eigenvalue weighted by atomic mass is 9.78. The molecule has 0 saturated heterocycles. The molecule has 1 atom stereocenters. The van der Waals surface area contributed by atoms with E-state index in [1.165, 1.54) is 11.8 Å². The molecule has 0 aliphatic carbocycles. The van der Waals surface area contributed by atoms with Crippen LogP contribution in [0.25, 0.3) is 10.2 Å². The van der Waals surface area contributed by atoms with E-state index in [0.717, 1.165) is 37.8 Å². The quantitative estimate of drug-likeness (QED) is 0.358. The summed E-state index contributed by atoms with van der Waals surface area (Å²) in [4.78, 5) is 32.1. The van der Waals surface area contributed by atoms with Gasteiger partial charge in [-0.15, -0.1) is 11.3 Å². The van der Waals surface area contributed by atoms with Gasteiger partial charge in [-0.1, -0.05) is 36.9 Å². The summed E-state index contributed by atoms with van der Waals surface area (Å²) >= 11 is 3.10. The zero-order valence-electron chi connectivity index (χ0n) is 18.0. The van der Waals surface area contributed by atoms with Gasteiger partial charge >= 0.3 is 0 Å². The molecule has 2 heterocycles. The number of rotatable bonds is 4. The monoisotopic (exact) mass is 438 g/mol. The molecule has 4 rings (SSSR count). The number of para-hydroxylation sites is 1. The van der Waals surface area contributed by atoms with Crippen LogP contribution in [0.4, 0.5) is 5.69 Å². The number of hydrogen-bond acceptors (Lipinski definition) is 5. The number of thiazole rings is 1. The Morgan fingerprint density at radius 1 is 1.27 bits per heavy atom. The molecule has 0 spiro atoms. The predicted octanol–water partition coefficient (Wildman–Crippen LogP) is 6.22. The van der Waals surface area contributed by atoms with E-state index in [-0.39, 0.29) is 17.2 Å². The van der Waals surface area contributed by atoms with E-state index in [9.17, 15) is 9.59 Å². The third-order valence-corrected chi connectivity index (χ3v) is 7.94. The van der Waals surface area contributed by atoms with Gasteiger partial charge in [-0.2, -0.15) is 0 Å². The van der Waals surface area contributed by atoms with Crippen LogP contribution in [0.2, 0.25) is 0 Å². The largest absolute Gasteiger partial charge is 0.306 e. The van der Waals surface area contributed by atoms with E-state index in [4.69, 9.17) is 0 Å².